The minimum Gasteiger partial charge on any atom is -0.451 e. The summed E-state index contributed by atoms with van der Waals surface area (Å²) in [6, 6.07) is 8.64. The number of carbonyl (C=O) groups is 1. The molecule has 2 saturated carbocycles. The Balaban J connectivity index is 1.53. The van der Waals surface area contributed by atoms with Gasteiger partial charge in [0.15, 0.2) is 0 Å². The number of benzene rings is 1. The van der Waals surface area contributed by atoms with E-state index < -0.39 is 6.09 Å². The number of nitroso groups, excluding NO2 is 1. The van der Waals surface area contributed by atoms with Crippen molar-refractivity contribution in [2.45, 2.75) is 18.3 Å². The first-order chi connectivity index (χ1) is 9.76. The SMILES string of the molecule is COC(=O)N(CC1[C@@H]2[C@H]1[C@@H]1C[C@H]2c2ccccc21)N=O. The molecule has 1 aromatic rings. The van der Waals surface area contributed by atoms with Gasteiger partial charge in [-0.25, -0.2) is 4.79 Å². The van der Waals surface area contributed by atoms with Crippen molar-refractivity contribution in [1.82, 2.24) is 5.01 Å². The molecule has 0 N–H and O–H groups in total. The van der Waals surface area contributed by atoms with Crippen molar-refractivity contribution in [3.05, 3.63) is 40.3 Å². The van der Waals surface area contributed by atoms with Gasteiger partial charge in [-0.3, -0.25) is 0 Å². The molecule has 5 nitrogen and oxygen atoms in total. The van der Waals surface area contributed by atoms with E-state index in [-0.39, 0.29) is 0 Å². The predicted octanol–water partition coefficient (Wildman–Crippen LogP) is 2.88. The van der Waals surface area contributed by atoms with Crippen LogP contribution in [0.2, 0.25) is 0 Å². The second kappa shape index (κ2) is 4.04. The summed E-state index contributed by atoms with van der Waals surface area (Å²) >= 11 is 0. The lowest BCUT2D eigenvalue weighted by molar-refractivity contribution is 0.120. The van der Waals surface area contributed by atoms with E-state index in [0.29, 0.717) is 36.1 Å². The van der Waals surface area contributed by atoms with Gasteiger partial charge in [0.25, 0.3) is 0 Å². The summed E-state index contributed by atoms with van der Waals surface area (Å²) in [6.45, 7) is 0.395. The molecule has 5 heteroatoms. The third-order valence-electron chi connectivity index (χ3n) is 5.39. The van der Waals surface area contributed by atoms with E-state index >= 15 is 0 Å². The van der Waals surface area contributed by atoms with Crippen LogP contribution in [0.3, 0.4) is 0 Å². The van der Waals surface area contributed by atoms with E-state index in [2.05, 4.69) is 34.3 Å². The molecule has 0 spiro atoms. The molecule has 104 valence electrons. The summed E-state index contributed by atoms with van der Waals surface area (Å²) in [5, 5.41) is 3.72. The predicted molar refractivity (Wildman–Crippen MR) is 71.9 cm³/mol. The van der Waals surface area contributed by atoms with E-state index in [9.17, 15) is 9.70 Å². The van der Waals surface area contributed by atoms with Crippen LogP contribution in [-0.4, -0.2) is 24.8 Å². The van der Waals surface area contributed by atoms with Crippen LogP contribution >= 0.6 is 0 Å². The molecule has 2 bridgehead atoms. The lowest BCUT2D eigenvalue weighted by Crippen LogP contribution is -2.28. The maximum absolute atomic E-state index is 11.4. The number of methoxy groups -OCH3 is 1. The third-order valence-corrected chi connectivity index (χ3v) is 5.39. The molecule has 1 amide bonds. The number of nitrogens with zero attached hydrogens (tertiary/aromatic N) is 2. The Hall–Kier alpha value is -1.91. The quantitative estimate of drug-likeness (QED) is 0.628. The summed E-state index contributed by atoms with van der Waals surface area (Å²) in [6.07, 6.45) is 0.576. The summed E-state index contributed by atoms with van der Waals surface area (Å²) in [4.78, 5) is 22.2. The van der Waals surface area contributed by atoms with Crippen LogP contribution in [0.5, 0.6) is 0 Å². The first-order valence-corrected chi connectivity index (χ1v) is 7.04. The maximum atomic E-state index is 11.4. The van der Waals surface area contributed by atoms with Crippen LogP contribution in [0.25, 0.3) is 0 Å². The van der Waals surface area contributed by atoms with Crippen LogP contribution in [0.15, 0.2) is 29.6 Å². The average Bonchev–Trinajstić information content (AvgIpc) is 2.91. The van der Waals surface area contributed by atoms with Gasteiger partial charge in [-0.05, 0) is 47.1 Å². The van der Waals surface area contributed by atoms with Crippen molar-refractivity contribution in [3.63, 3.8) is 0 Å². The Morgan fingerprint density at radius 2 is 1.90 bits per heavy atom. The van der Waals surface area contributed by atoms with E-state index in [0.717, 1.165) is 5.01 Å². The molecular weight excluding hydrogens is 256 g/mol. The third kappa shape index (κ3) is 1.40. The smallest absolute Gasteiger partial charge is 0.432 e. The first-order valence-electron chi connectivity index (χ1n) is 7.04. The monoisotopic (exact) mass is 272 g/mol. The summed E-state index contributed by atoms with van der Waals surface area (Å²) < 4.78 is 4.58. The van der Waals surface area contributed by atoms with E-state index in [4.69, 9.17) is 0 Å². The fraction of sp³-hybridized carbons (Fsp3) is 0.533. The Morgan fingerprint density at radius 3 is 2.40 bits per heavy atom. The van der Waals surface area contributed by atoms with Crippen molar-refractivity contribution in [2.24, 2.45) is 23.0 Å². The van der Waals surface area contributed by atoms with Gasteiger partial charge in [0.1, 0.15) is 0 Å². The highest BCUT2D eigenvalue weighted by molar-refractivity contribution is 5.67. The molecule has 0 heterocycles. The van der Waals surface area contributed by atoms with Crippen LogP contribution < -0.4 is 0 Å². The van der Waals surface area contributed by atoms with E-state index in [1.165, 1.54) is 24.7 Å². The van der Waals surface area contributed by atoms with E-state index in [1.807, 2.05) is 0 Å². The normalized spacial score (nSPS) is 35.1. The highest BCUT2D eigenvalue weighted by Crippen LogP contribution is 2.73. The second-order valence-corrected chi connectivity index (χ2v) is 6.03. The topological polar surface area (TPSA) is 59.0 Å². The molecule has 3 aliphatic carbocycles. The summed E-state index contributed by atoms with van der Waals surface area (Å²) in [5.74, 6) is 2.84. The zero-order chi connectivity index (χ0) is 13.9. The molecule has 1 unspecified atom stereocenters. The van der Waals surface area contributed by atoms with Crippen molar-refractivity contribution in [3.8, 4) is 0 Å². The maximum Gasteiger partial charge on any atom is 0.432 e. The van der Waals surface area contributed by atoms with Gasteiger partial charge in [-0.2, -0.15) is 5.01 Å². The summed E-state index contributed by atoms with van der Waals surface area (Å²) in [7, 11) is 1.27. The molecule has 2 fully saturated rings. The number of hydrogen-bond acceptors (Lipinski definition) is 4. The Bertz CT molecular complexity index is 553. The number of fused-ring (bicyclic) bond motifs is 8. The number of rotatable bonds is 3. The van der Waals surface area contributed by atoms with Crippen molar-refractivity contribution in [1.29, 1.82) is 0 Å². The molecule has 1 aromatic carbocycles. The number of ether oxygens (including phenoxy) is 1. The van der Waals surface area contributed by atoms with Gasteiger partial charge >= 0.3 is 6.09 Å². The lowest BCUT2D eigenvalue weighted by atomic mass is 9.92. The van der Waals surface area contributed by atoms with E-state index in [1.54, 1.807) is 0 Å². The van der Waals surface area contributed by atoms with Gasteiger partial charge in [-0.1, -0.05) is 24.3 Å². The fourth-order valence-electron chi connectivity index (χ4n) is 4.69. The fourth-order valence-corrected chi connectivity index (χ4v) is 4.69. The minimum atomic E-state index is -0.658. The molecule has 4 rings (SSSR count). The van der Waals surface area contributed by atoms with Gasteiger partial charge < -0.3 is 4.74 Å². The lowest BCUT2D eigenvalue weighted by Gasteiger charge is -2.14. The van der Waals surface area contributed by atoms with Crippen LogP contribution in [0.1, 0.15) is 29.4 Å². The number of carbonyl (C=O) groups excluding carboxylic acids is 1. The zero-order valence-electron chi connectivity index (χ0n) is 11.2. The van der Waals surface area contributed by atoms with Crippen molar-refractivity contribution >= 4 is 6.09 Å². The van der Waals surface area contributed by atoms with Gasteiger partial charge in [0.2, 0.25) is 0 Å². The number of hydrogen-bond donors (Lipinski definition) is 0. The minimum absolute atomic E-state index is 0.392. The van der Waals surface area contributed by atoms with Crippen molar-refractivity contribution < 1.29 is 9.53 Å². The van der Waals surface area contributed by atoms with Crippen LogP contribution in [-0.2, 0) is 4.74 Å². The standard InChI is InChI=1S/C15H16N2O3/c1-20-15(18)17(16-19)7-12-13-10-6-11(14(12)13)9-5-3-2-4-8(9)10/h2-5,10-14H,6-7H2,1H3/t10-,11+,12?,13+,14-. The average molecular weight is 272 g/mol. The molecule has 0 saturated heterocycles. The molecule has 20 heavy (non-hydrogen) atoms. The molecule has 3 aliphatic rings. The molecule has 0 aliphatic heterocycles. The first kappa shape index (κ1) is 11.9. The number of amides is 1. The summed E-state index contributed by atoms with van der Waals surface area (Å²) in [5.41, 5.74) is 2.95. The molecular formula is C15H16N2O3. The highest BCUT2D eigenvalue weighted by Gasteiger charge is 2.66. The Morgan fingerprint density at radius 1 is 1.30 bits per heavy atom. The molecule has 0 radical (unpaired) electrons. The molecule has 5 atom stereocenters. The van der Waals surface area contributed by atoms with Gasteiger partial charge in [0.05, 0.1) is 18.9 Å². The zero-order valence-corrected chi connectivity index (χ0v) is 11.2. The Kier molecular flexibility index (Phi) is 2.40. The second-order valence-electron chi connectivity index (χ2n) is 6.03. The largest absolute Gasteiger partial charge is 0.451 e. The van der Waals surface area contributed by atoms with Crippen molar-refractivity contribution in [2.75, 3.05) is 13.7 Å². The molecule has 0 aromatic heterocycles. The van der Waals surface area contributed by atoms with Crippen LogP contribution in [0.4, 0.5) is 4.79 Å². The highest BCUT2D eigenvalue weighted by atomic mass is 16.6. The Labute approximate surface area is 116 Å². The van der Waals surface area contributed by atoms with Gasteiger partial charge in [0, 0.05) is 0 Å². The van der Waals surface area contributed by atoms with Gasteiger partial charge in [-0.15, -0.1) is 4.91 Å². The van der Waals surface area contributed by atoms with Crippen LogP contribution in [0, 0.1) is 22.7 Å².